The first kappa shape index (κ1) is 28.3. The molecule has 0 spiro atoms. The number of fused-ring (bicyclic) bond motifs is 1. The summed E-state index contributed by atoms with van der Waals surface area (Å²) in [5.74, 6) is 0.0194. The van der Waals surface area contributed by atoms with Gasteiger partial charge in [0.1, 0.15) is 25.8 Å². The summed E-state index contributed by atoms with van der Waals surface area (Å²) < 4.78 is 37.7. The number of hydrogen-bond acceptors (Lipinski definition) is 6. The fourth-order valence-corrected chi connectivity index (χ4v) is 5.92. The van der Waals surface area contributed by atoms with Crippen molar-refractivity contribution < 1.29 is 27.5 Å². The molecule has 1 atom stereocenters. The predicted molar refractivity (Wildman–Crippen MR) is 146 cm³/mol. The molecule has 12 heteroatoms. The lowest BCUT2D eigenvalue weighted by Crippen LogP contribution is -2.52. The average molecular weight is 585 g/mol. The highest BCUT2D eigenvalue weighted by Crippen LogP contribution is 2.35. The smallest absolute Gasteiger partial charge is 0.244 e. The third kappa shape index (κ3) is 6.84. The second-order valence-electron chi connectivity index (χ2n) is 9.52. The Labute approximate surface area is 233 Å². The highest BCUT2D eigenvalue weighted by atomic mass is 35.5. The number of hydrogen-bond donors (Lipinski definition) is 1. The maximum absolute atomic E-state index is 13.7. The van der Waals surface area contributed by atoms with Gasteiger partial charge in [0.2, 0.25) is 21.8 Å². The van der Waals surface area contributed by atoms with E-state index < -0.39 is 28.5 Å². The first-order chi connectivity index (χ1) is 18.0. The molecular formula is C26H31Cl2N3O6S. The third-order valence-corrected chi connectivity index (χ3v) is 8.45. The molecule has 1 N–H and O–H groups in total. The summed E-state index contributed by atoms with van der Waals surface area (Å²) in [5.41, 5.74) is 0.827. The van der Waals surface area contributed by atoms with Crippen molar-refractivity contribution >= 4 is 50.7 Å². The van der Waals surface area contributed by atoms with Crippen LogP contribution in [0.2, 0.25) is 10.0 Å². The zero-order valence-electron chi connectivity index (χ0n) is 21.3. The number of anilines is 1. The van der Waals surface area contributed by atoms with E-state index in [1.54, 1.807) is 37.3 Å². The third-order valence-electron chi connectivity index (χ3n) is 6.72. The van der Waals surface area contributed by atoms with Crippen LogP contribution in [0.3, 0.4) is 0 Å². The Morgan fingerprint density at radius 3 is 2.39 bits per heavy atom. The molecule has 206 valence electrons. The molecule has 1 fully saturated rings. The van der Waals surface area contributed by atoms with Gasteiger partial charge in [-0.3, -0.25) is 13.9 Å². The summed E-state index contributed by atoms with van der Waals surface area (Å²) in [4.78, 5) is 28.3. The van der Waals surface area contributed by atoms with Crippen LogP contribution in [-0.2, 0) is 26.2 Å². The van der Waals surface area contributed by atoms with E-state index in [0.717, 1.165) is 36.2 Å². The Bertz CT molecular complexity index is 1300. The van der Waals surface area contributed by atoms with Crippen LogP contribution < -0.4 is 19.1 Å². The van der Waals surface area contributed by atoms with Crippen LogP contribution in [0.25, 0.3) is 0 Å². The standard InChI is InChI=1S/C26H31Cl2N3O6S/c1-17(26(33)29-20-5-3-4-6-20)30(15-18-7-8-19(27)13-22(18)28)25(32)16-31(38(2,34)35)21-9-10-23-24(14-21)37-12-11-36-23/h7-10,13-14,17,20H,3-6,11-12,15-16H2,1-2H3,(H,29,33)/t17-/m1/s1. The van der Waals surface area contributed by atoms with Crippen LogP contribution in [0.15, 0.2) is 36.4 Å². The average Bonchev–Trinajstić information content (AvgIpc) is 3.38. The molecule has 2 amide bonds. The van der Waals surface area contributed by atoms with Gasteiger partial charge in [0, 0.05) is 28.7 Å². The number of carbonyl (C=O) groups excluding carboxylic acids is 2. The summed E-state index contributed by atoms with van der Waals surface area (Å²) in [6.45, 7) is 1.82. The van der Waals surface area contributed by atoms with E-state index in [9.17, 15) is 18.0 Å². The molecule has 2 aromatic rings. The highest BCUT2D eigenvalue weighted by molar-refractivity contribution is 7.92. The number of carbonyl (C=O) groups is 2. The molecule has 38 heavy (non-hydrogen) atoms. The van der Waals surface area contributed by atoms with Crippen molar-refractivity contribution in [2.24, 2.45) is 0 Å². The van der Waals surface area contributed by atoms with Crippen LogP contribution in [-0.4, -0.2) is 63.2 Å². The maximum atomic E-state index is 13.7. The van der Waals surface area contributed by atoms with Crippen molar-refractivity contribution in [1.82, 2.24) is 10.2 Å². The Balaban J connectivity index is 1.62. The first-order valence-corrected chi connectivity index (χ1v) is 15.0. The Morgan fingerprint density at radius 1 is 1.05 bits per heavy atom. The largest absolute Gasteiger partial charge is 0.486 e. The lowest BCUT2D eigenvalue weighted by Gasteiger charge is -2.32. The van der Waals surface area contributed by atoms with Crippen LogP contribution in [0.1, 0.15) is 38.2 Å². The molecule has 0 aromatic heterocycles. The Hall–Kier alpha value is -2.69. The van der Waals surface area contributed by atoms with Crippen molar-refractivity contribution in [3.8, 4) is 11.5 Å². The van der Waals surface area contributed by atoms with Crippen molar-refractivity contribution in [1.29, 1.82) is 0 Å². The highest BCUT2D eigenvalue weighted by Gasteiger charge is 2.32. The van der Waals surface area contributed by atoms with Gasteiger partial charge in [0.05, 0.1) is 11.9 Å². The minimum absolute atomic E-state index is 0.00711. The SMILES string of the molecule is C[C@H](C(=O)NC1CCCC1)N(Cc1ccc(Cl)cc1Cl)C(=O)CN(c1ccc2c(c1)OCCO2)S(C)(=O)=O. The van der Waals surface area contributed by atoms with E-state index in [0.29, 0.717) is 40.3 Å². The van der Waals surface area contributed by atoms with Crippen molar-refractivity contribution in [2.75, 3.05) is 30.3 Å². The van der Waals surface area contributed by atoms with E-state index >= 15 is 0 Å². The van der Waals surface area contributed by atoms with Crippen LogP contribution >= 0.6 is 23.2 Å². The molecule has 2 aromatic carbocycles. The summed E-state index contributed by atoms with van der Waals surface area (Å²) in [6.07, 6.45) is 4.89. The molecular weight excluding hydrogens is 553 g/mol. The molecule has 1 heterocycles. The number of nitrogens with one attached hydrogen (secondary N) is 1. The second-order valence-corrected chi connectivity index (χ2v) is 12.3. The van der Waals surface area contributed by atoms with Crippen molar-refractivity contribution in [2.45, 2.75) is 51.2 Å². The predicted octanol–water partition coefficient (Wildman–Crippen LogP) is 4.01. The molecule has 0 bridgehead atoms. The molecule has 4 rings (SSSR count). The fraction of sp³-hybridized carbons (Fsp3) is 0.462. The summed E-state index contributed by atoms with van der Waals surface area (Å²) in [7, 11) is -3.88. The minimum atomic E-state index is -3.88. The topological polar surface area (TPSA) is 105 Å². The molecule has 0 radical (unpaired) electrons. The van der Waals surface area contributed by atoms with Gasteiger partial charge in [-0.25, -0.2) is 8.42 Å². The van der Waals surface area contributed by atoms with Gasteiger partial charge in [-0.1, -0.05) is 42.1 Å². The molecule has 1 aliphatic heterocycles. The van der Waals surface area contributed by atoms with E-state index in [1.165, 1.54) is 11.0 Å². The monoisotopic (exact) mass is 583 g/mol. The number of sulfonamides is 1. The van der Waals surface area contributed by atoms with Gasteiger partial charge in [-0.2, -0.15) is 0 Å². The quantitative estimate of drug-likeness (QED) is 0.478. The van der Waals surface area contributed by atoms with Crippen LogP contribution in [0, 0.1) is 0 Å². The molecule has 0 saturated heterocycles. The Morgan fingerprint density at radius 2 is 1.74 bits per heavy atom. The summed E-state index contributed by atoms with van der Waals surface area (Å²) in [6, 6.07) is 8.76. The summed E-state index contributed by atoms with van der Waals surface area (Å²) >= 11 is 12.4. The maximum Gasteiger partial charge on any atom is 0.244 e. The first-order valence-electron chi connectivity index (χ1n) is 12.4. The number of ether oxygens (including phenoxy) is 2. The number of benzene rings is 2. The molecule has 9 nitrogen and oxygen atoms in total. The lowest BCUT2D eigenvalue weighted by atomic mass is 10.1. The van der Waals surface area contributed by atoms with E-state index in [1.807, 2.05) is 0 Å². The fourth-order valence-electron chi connectivity index (χ4n) is 4.61. The minimum Gasteiger partial charge on any atom is -0.486 e. The number of amides is 2. The van der Waals surface area contributed by atoms with Crippen LogP contribution in [0.4, 0.5) is 5.69 Å². The Kier molecular flexibility index (Phi) is 8.95. The molecule has 1 saturated carbocycles. The van der Waals surface area contributed by atoms with Gasteiger partial charge in [0.25, 0.3) is 0 Å². The number of rotatable bonds is 9. The second kappa shape index (κ2) is 12.0. The van der Waals surface area contributed by atoms with Gasteiger partial charge in [-0.15, -0.1) is 0 Å². The summed E-state index contributed by atoms with van der Waals surface area (Å²) in [5, 5.41) is 3.80. The zero-order valence-corrected chi connectivity index (χ0v) is 23.6. The van der Waals surface area contributed by atoms with Crippen molar-refractivity contribution in [3.05, 3.63) is 52.0 Å². The number of halogens is 2. The van der Waals surface area contributed by atoms with Gasteiger partial charge >= 0.3 is 0 Å². The normalized spacial score (nSPS) is 16.1. The van der Waals surface area contributed by atoms with Gasteiger partial charge in [0.15, 0.2) is 11.5 Å². The van der Waals surface area contributed by atoms with E-state index in [-0.39, 0.29) is 24.2 Å². The van der Waals surface area contributed by atoms with E-state index in [2.05, 4.69) is 5.32 Å². The van der Waals surface area contributed by atoms with Gasteiger partial charge < -0.3 is 19.7 Å². The van der Waals surface area contributed by atoms with Gasteiger partial charge in [-0.05, 0) is 49.6 Å². The molecule has 2 aliphatic rings. The van der Waals surface area contributed by atoms with E-state index in [4.69, 9.17) is 32.7 Å². The molecule has 0 unspecified atom stereocenters. The van der Waals surface area contributed by atoms with Crippen molar-refractivity contribution in [3.63, 3.8) is 0 Å². The number of nitrogens with zero attached hydrogens (tertiary/aromatic N) is 2. The van der Waals surface area contributed by atoms with Crippen LogP contribution in [0.5, 0.6) is 11.5 Å². The lowest BCUT2D eigenvalue weighted by molar-refractivity contribution is -0.139. The zero-order chi connectivity index (χ0) is 27.4. The molecule has 1 aliphatic carbocycles.